The number of anilines is 1. The summed E-state index contributed by atoms with van der Waals surface area (Å²) in [6, 6.07) is 12.1. The molecule has 65 heavy (non-hydrogen) atoms. The lowest BCUT2D eigenvalue weighted by atomic mass is 9.88. The second kappa shape index (κ2) is 26.1. The van der Waals surface area contributed by atoms with E-state index in [1.54, 1.807) is 4.90 Å². The van der Waals surface area contributed by atoms with Gasteiger partial charge in [0.15, 0.2) is 20.7 Å². The highest BCUT2D eigenvalue weighted by molar-refractivity contribution is 6.73. The molecule has 2 amide bonds. The Balaban J connectivity index is 1.54. The van der Waals surface area contributed by atoms with Crippen molar-refractivity contribution in [3.63, 3.8) is 0 Å². The lowest BCUT2D eigenvalue weighted by molar-refractivity contribution is -0.222. The van der Waals surface area contributed by atoms with Crippen LogP contribution in [0.15, 0.2) is 66.3 Å². The first-order chi connectivity index (χ1) is 31.0. The first kappa shape index (κ1) is 54.1. The first-order valence-corrected chi connectivity index (χ1v) is 27.0. The number of rotatable bonds is 20. The number of epoxide rings is 1. The van der Waals surface area contributed by atoms with Gasteiger partial charge >= 0.3 is 18.2 Å². The Bertz CT molecular complexity index is 1710. The van der Waals surface area contributed by atoms with Crippen LogP contribution < -0.4 is 5.32 Å². The predicted molar refractivity (Wildman–Crippen MR) is 259 cm³/mol. The van der Waals surface area contributed by atoms with E-state index in [-0.39, 0.29) is 54.5 Å². The molecule has 0 radical (unpaired) electrons. The molecule has 1 aromatic rings. The van der Waals surface area contributed by atoms with Crippen LogP contribution >= 0.6 is 0 Å². The van der Waals surface area contributed by atoms with Crippen LogP contribution in [0.5, 0.6) is 0 Å². The quantitative estimate of drug-likeness (QED) is 0.0254. The molecule has 3 heterocycles. The number of esters is 1. The van der Waals surface area contributed by atoms with Crippen LogP contribution in [0.25, 0.3) is 0 Å². The van der Waals surface area contributed by atoms with Crippen molar-refractivity contribution < 1.29 is 47.2 Å². The molecular weight excluding hydrogens is 843 g/mol. The standard InChI is InChI=1S/C51H83N3O10Si/c1-13-43(60-49(56)52-41-24-19-18-20-25-41)39(9)48-44(59-48)34-36(6)22-21-23-37(7)47-38(8)26-27-45(61-50(57)54-32-30-53(12)31-33-54)51(11,63-40(10)58-14-2)29-28-42(35-46(55)62-47)64-65(15-3,16-4)17-5/h18-27,36,38-40,42-45,47-48H,13-17,28-35H2,1-12H3,(H,52,56)/b22-21+,27-26-,37-23+. The third-order valence-corrected chi connectivity index (χ3v) is 18.4. The second-order valence-corrected chi connectivity index (χ2v) is 23.5. The lowest BCUT2D eigenvalue weighted by Gasteiger charge is -2.41. The smallest absolute Gasteiger partial charge is 0.411 e. The molecule has 1 N–H and O–H groups in total. The van der Waals surface area contributed by atoms with Gasteiger partial charge < -0.3 is 42.6 Å². The van der Waals surface area contributed by atoms with Crippen LogP contribution in [0.3, 0.4) is 0 Å². The Morgan fingerprint density at radius 2 is 1.68 bits per heavy atom. The zero-order valence-electron chi connectivity index (χ0n) is 41.7. The van der Waals surface area contributed by atoms with Gasteiger partial charge in [-0.1, -0.05) is 91.0 Å². The van der Waals surface area contributed by atoms with E-state index in [9.17, 15) is 14.4 Å². The Kier molecular flexibility index (Phi) is 21.7. The Morgan fingerprint density at radius 3 is 2.31 bits per heavy atom. The summed E-state index contributed by atoms with van der Waals surface area (Å²) in [5.41, 5.74) is 0.571. The van der Waals surface area contributed by atoms with Gasteiger partial charge in [-0.3, -0.25) is 10.1 Å². The third kappa shape index (κ3) is 16.6. The normalized spacial score (nSPS) is 28.5. The molecule has 11 unspecified atom stereocenters. The molecule has 2 fully saturated rings. The van der Waals surface area contributed by atoms with Crippen molar-refractivity contribution in [1.29, 1.82) is 0 Å². The molecule has 0 aliphatic carbocycles. The number of para-hydroxylation sites is 1. The maximum Gasteiger partial charge on any atom is 0.411 e. The van der Waals surface area contributed by atoms with Crippen LogP contribution in [0.2, 0.25) is 18.1 Å². The topological polar surface area (TPSA) is 138 Å². The summed E-state index contributed by atoms with van der Waals surface area (Å²) >= 11 is 0. The van der Waals surface area contributed by atoms with Gasteiger partial charge in [0.1, 0.15) is 17.8 Å². The number of nitrogens with one attached hydrogen (secondary N) is 1. The minimum atomic E-state index is -2.15. The van der Waals surface area contributed by atoms with Gasteiger partial charge in [0.2, 0.25) is 0 Å². The number of amides is 2. The molecule has 2 saturated heterocycles. The number of cyclic esters (lactones) is 1. The monoisotopic (exact) mass is 926 g/mol. The highest BCUT2D eigenvalue weighted by Crippen LogP contribution is 2.38. The highest BCUT2D eigenvalue weighted by Gasteiger charge is 2.47. The second-order valence-electron chi connectivity index (χ2n) is 18.8. The van der Waals surface area contributed by atoms with Crippen molar-refractivity contribution in [3.05, 3.63) is 66.3 Å². The molecule has 0 spiro atoms. The van der Waals surface area contributed by atoms with Crippen LogP contribution in [0, 0.1) is 17.8 Å². The fraction of sp³-hybridized carbons (Fsp3) is 0.706. The maximum atomic E-state index is 14.0. The SMILES string of the molecule is CCOC(C)OC1(C)CCC(O[Si](CC)(CC)CC)CC(=O)OC(/C(C)=C/C=C/C(C)CC2OC2C(C)C(CC)OC(=O)Nc2ccccc2)C(C)/C=C\C1OC(=O)N1CCN(C)CC1. The fourth-order valence-electron chi connectivity index (χ4n) is 9.15. The van der Waals surface area contributed by atoms with Gasteiger partial charge in [0.25, 0.3) is 0 Å². The maximum absolute atomic E-state index is 14.0. The molecule has 13 nitrogen and oxygen atoms in total. The van der Waals surface area contributed by atoms with E-state index in [1.165, 1.54) is 0 Å². The fourth-order valence-corrected chi connectivity index (χ4v) is 12.1. The largest absolute Gasteiger partial charge is 0.457 e. The van der Waals surface area contributed by atoms with Gasteiger partial charge in [-0.2, -0.15) is 0 Å². The molecule has 3 aliphatic heterocycles. The van der Waals surface area contributed by atoms with Gasteiger partial charge in [-0.25, -0.2) is 9.59 Å². The van der Waals surface area contributed by atoms with Crippen molar-refractivity contribution in [2.75, 3.05) is 45.2 Å². The summed E-state index contributed by atoms with van der Waals surface area (Å²) in [7, 11) is -0.0954. The van der Waals surface area contributed by atoms with Crippen molar-refractivity contribution in [2.45, 2.75) is 175 Å². The molecule has 0 bridgehead atoms. The van der Waals surface area contributed by atoms with Gasteiger partial charge in [0, 0.05) is 50.3 Å². The summed E-state index contributed by atoms with van der Waals surface area (Å²) < 4.78 is 44.5. The average molecular weight is 926 g/mol. The lowest BCUT2D eigenvalue weighted by Crippen LogP contribution is -2.52. The number of likely N-dealkylation sites (N-methyl/N-ethyl adjacent to an activating group) is 1. The number of benzene rings is 1. The van der Waals surface area contributed by atoms with Crippen molar-refractivity contribution in [3.8, 4) is 0 Å². The number of ether oxygens (including phenoxy) is 6. The van der Waals surface area contributed by atoms with Crippen molar-refractivity contribution >= 4 is 32.2 Å². The zero-order valence-corrected chi connectivity index (χ0v) is 42.7. The van der Waals surface area contributed by atoms with Gasteiger partial charge in [-0.05, 0) is 108 Å². The predicted octanol–water partition coefficient (Wildman–Crippen LogP) is 10.5. The summed E-state index contributed by atoms with van der Waals surface area (Å²) in [5.74, 6) is -0.347. The van der Waals surface area contributed by atoms with Crippen LogP contribution in [0.4, 0.5) is 15.3 Å². The molecule has 366 valence electrons. The molecule has 4 rings (SSSR count). The van der Waals surface area contributed by atoms with E-state index in [0.717, 1.165) is 43.2 Å². The Labute approximate surface area is 392 Å². The number of hydrogen-bond acceptors (Lipinski definition) is 11. The molecule has 0 aromatic heterocycles. The molecular formula is C51H83N3O10Si. The van der Waals surface area contributed by atoms with E-state index in [2.05, 4.69) is 58.0 Å². The summed E-state index contributed by atoms with van der Waals surface area (Å²) in [6.45, 7) is 25.8. The number of hydrogen-bond donors (Lipinski definition) is 1. The Morgan fingerprint density at radius 1 is 1.00 bits per heavy atom. The minimum absolute atomic E-state index is 0.00720. The van der Waals surface area contributed by atoms with Crippen LogP contribution in [0.1, 0.15) is 108 Å². The molecule has 1 aromatic carbocycles. The van der Waals surface area contributed by atoms with E-state index >= 15 is 0 Å². The van der Waals surface area contributed by atoms with E-state index in [1.807, 2.05) is 96.2 Å². The average Bonchev–Trinajstić information content (AvgIpc) is 4.05. The summed E-state index contributed by atoms with van der Waals surface area (Å²) in [5, 5.41) is 2.81. The number of piperazine rings is 1. The summed E-state index contributed by atoms with van der Waals surface area (Å²) in [4.78, 5) is 44.5. The van der Waals surface area contributed by atoms with Crippen LogP contribution in [-0.2, 0) is 37.6 Å². The summed E-state index contributed by atoms with van der Waals surface area (Å²) in [6.07, 6.45) is 9.30. The number of nitrogens with zero attached hydrogens (tertiary/aromatic N) is 2. The van der Waals surface area contributed by atoms with Crippen LogP contribution in [-0.4, -0.2) is 125 Å². The molecule has 11 atom stereocenters. The molecule has 0 saturated carbocycles. The molecule has 3 aliphatic rings. The van der Waals surface area contributed by atoms with Gasteiger partial charge in [0.05, 0.1) is 24.7 Å². The van der Waals surface area contributed by atoms with Crippen molar-refractivity contribution in [1.82, 2.24) is 9.80 Å². The Hall–Kier alpha value is -3.53. The van der Waals surface area contributed by atoms with E-state index in [0.29, 0.717) is 44.6 Å². The third-order valence-electron chi connectivity index (χ3n) is 13.7. The number of allylic oxidation sites excluding steroid dienone is 3. The van der Waals surface area contributed by atoms with Crippen molar-refractivity contribution in [2.24, 2.45) is 17.8 Å². The van der Waals surface area contributed by atoms with E-state index in [4.69, 9.17) is 32.8 Å². The van der Waals surface area contributed by atoms with Gasteiger partial charge in [-0.15, -0.1) is 0 Å². The number of carbonyl (C=O) groups is 3. The highest BCUT2D eigenvalue weighted by atomic mass is 28.4. The number of carbonyl (C=O) groups excluding carboxylic acids is 3. The zero-order chi connectivity index (χ0) is 47.7. The first-order valence-electron chi connectivity index (χ1n) is 24.5. The molecule has 14 heteroatoms. The van der Waals surface area contributed by atoms with E-state index < -0.39 is 44.6 Å². The minimum Gasteiger partial charge on any atom is -0.457 e.